The Kier molecular flexibility index (Phi) is 4.51. The quantitative estimate of drug-likeness (QED) is 0.640. The number of anilines is 1. The first-order chi connectivity index (χ1) is 13.2. The predicted octanol–water partition coefficient (Wildman–Crippen LogP) is 2.77. The third-order valence-electron chi connectivity index (χ3n) is 4.98. The van der Waals surface area contributed by atoms with Gasteiger partial charge in [0.25, 0.3) is 0 Å². The van der Waals surface area contributed by atoms with Gasteiger partial charge in [0.05, 0.1) is 23.4 Å². The van der Waals surface area contributed by atoms with E-state index in [2.05, 4.69) is 22.3 Å². The molecule has 0 bridgehead atoms. The summed E-state index contributed by atoms with van der Waals surface area (Å²) in [6, 6.07) is 7.74. The lowest BCUT2D eigenvalue weighted by Crippen LogP contribution is -2.35. The number of benzene rings is 1. The maximum absolute atomic E-state index is 13.0. The highest BCUT2D eigenvalue weighted by Crippen LogP contribution is 2.33. The van der Waals surface area contributed by atoms with E-state index >= 15 is 0 Å². The fourth-order valence-electron chi connectivity index (χ4n) is 3.46. The summed E-state index contributed by atoms with van der Waals surface area (Å²) in [6.07, 6.45) is -4.34. The van der Waals surface area contributed by atoms with E-state index in [4.69, 9.17) is 0 Å². The minimum absolute atomic E-state index is 0.303. The number of rotatable bonds is 3. The number of aliphatic hydroxyl groups excluding tert-OH is 2. The molecule has 1 aliphatic rings. The largest absolute Gasteiger partial charge is 0.416 e. The Morgan fingerprint density at radius 3 is 2.61 bits per heavy atom. The highest BCUT2D eigenvalue weighted by Gasteiger charge is 2.39. The van der Waals surface area contributed by atoms with E-state index in [0.717, 1.165) is 12.1 Å². The van der Waals surface area contributed by atoms with Gasteiger partial charge in [-0.15, -0.1) is 0 Å². The number of aliphatic hydroxyl groups is 2. The molecule has 28 heavy (non-hydrogen) atoms. The Bertz CT molecular complexity index is 1000. The number of hydrogen-bond acceptors (Lipinski definition) is 5. The molecule has 2 heterocycles. The lowest BCUT2D eigenvalue weighted by molar-refractivity contribution is -0.137. The van der Waals surface area contributed by atoms with Gasteiger partial charge in [-0.25, -0.2) is 4.98 Å². The van der Waals surface area contributed by atoms with Crippen molar-refractivity contribution >= 4 is 11.5 Å². The van der Waals surface area contributed by atoms with Crippen molar-refractivity contribution in [3.05, 3.63) is 55.1 Å². The maximum Gasteiger partial charge on any atom is 0.416 e. The van der Waals surface area contributed by atoms with Crippen molar-refractivity contribution in [1.29, 1.82) is 0 Å². The van der Waals surface area contributed by atoms with Gasteiger partial charge in [-0.3, -0.25) is 0 Å². The van der Waals surface area contributed by atoms with Gasteiger partial charge in [-0.1, -0.05) is 12.1 Å². The van der Waals surface area contributed by atoms with E-state index in [1.807, 2.05) is 0 Å². The molecule has 1 radical (unpaired) electrons. The van der Waals surface area contributed by atoms with Crippen molar-refractivity contribution in [1.82, 2.24) is 14.6 Å². The Hall–Kier alpha value is -2.65. The number of halogens is 3. The smallest absolute Gasteiger partial charge is 0.390 e. The zero-order chi connectivity index (χ0) is 20.1. The molecule has 147 valence electrons. The van der Waals surface area contributed by atoms with Gasteiger partial charge in [-0.05, 0) is 37.5 Å². The number of hydrogen-bond donors (Lipinski definition) is 3. The summed E-state index contributed by atoms with van der Waals surface area (Å²) >= 11 is 0. The summed E-state index contributed by atoms with van der Waals surface area (Å²) in [7, 11) is 0. The Balaban J connectivity index is 1.68. The summed E-state index contributed by atoms with van der Waals surface area (Å²) in [5, 5.41) is 27.5. The van der Waals surface area contributed by atoms with Crippen LogP contribution in [0.1, 0.15) is 12.0 Å². The first-order valence-electron chi connectivity index (χ1n) is 8.72. The zero-order valence-electron chi connectivity index (χ0n) is 14.6. The molecule has 0 saturated heterocycles. The first-order valence-corrected chi connectivity index (χ1v) is 8.72. The monoisotopic (exact) mass is 391 g/mol. The second-order valence-corrected chi connectivity index (χ2v) is 6.94. The van der Waals surface area contributed by atoms with Gasteiger partial charge < -0.3 is 15.5 Å². The summed E-state index contributed by atoms with van der Waals surface area (Å²) in [4.78, 5) is 4.20. The second kappa shape index (κ2) is 6.75. The van der Waals surface area contributed by atoms with E-state index in [-0.39, 0.29) is 5.92 Å². The Morgan fingerprint density at radius 2 is 1.93 bits per heavy atom. The lowest BCUT2D eigenvalue weighted by Gasteiger charge is -2.19. The van der Waals surface area contributed by atoms with E-state index < -0.39 is 30.0 Å². The number of nitrogens with zero attached hydrogens (tertiary/aromatic N) is 3. The number of nitrogens with one attached hydrogen (secondary N) is 1. The molecule has 1 saturated carbocycles. The van der Waals surface area contributed by atoms with Crippen molar-refractivity contribution < 1.29 is 23.4 Å². The molecule has 4 rings (SSSR count). The fourth-order valence-corrected chi connectivity index (χ4v) is 3.46. The molecule has 0 amide bonds. The van der Waals surface area contributed by atoms with Crippen LogP contribution in [0.2, 0.25) is 0 Å². The van der Waals surface area contributed by atoms with Gasteiger partial charge in [0, 0.05) is 17.8 Å². The number of fused-ring (bicyclic) bond motifs is 1. The third kappa shape index (κ3) is 3.31. The molecule has 1 aromatic carbocycles. The molecular formula is C19H18F3N4O2. The molecule has 4 atom stereocenters. The van der Waals surface area contributed by atoms with Gasteiger partial charge in [0.1, 0.15) is 11.9 Å². The first kappa shape index (κ1) is 18.7. The lowest BCUT2D eigenvalue weighted by atomic mass is 10.1. The van der Waals surface area contributed by atoms with Crippen LogP contribution >= 0.6 is 0 Å². The van der Waals surface area contributed by atoms with Crippen LogP contribution in [0.4, 0.5) is 19.0 Å². The number of aromatic nitrogens is 3. The second-order valence-electron chi connectivity index (χ2n) is 6.94. The van der Waals surface area contributed by atoms with Gasteiger partial charge in [0.15, 0.2) is 5.65 Å². The molecule has 3 aromatic rings. The van der Waals surface area contributed by atoms with Gasteiger partial charge >= 0.3 is 6.18 Å². The van der Waals surface area contributed by atoms with Crippen LogP contribution < -0.4 is 5.32 Å². The molecule has 6 nitrogen and oxygen atoms in total. The molecule has 0 aliphatic heterocycles. The summed E-state index contributed by atoms with van der Waals surface area (Å²) in [6.45, 7) is 3.82. The Labute approximate surface area is 158 Å². The highest BCUT2D eigenvalue weighted by atomic mass is 19.4. The van der Waals surface area contributed by atoms with Crippen LogP contribution in [-0.4, -0.2) is 43.1 Å². The standard InChI is InChI=1S/C19H18F3N4O2/c1-10-7-14(18(28)17(10)27)24-15-5-6-23-16-9-13(25-26(15)16)11-3-2-4-12(8-11)19(20,21)22/h2-6,8-10,14,17-18,24,27-28H,1,7H2/t10-,14-,17-,18+/m1/s1. The Morgan fingerprint density at radius 1 is 1.14 bits per heavy atom. The van der Waals surface area contributed by atoms with Crippen LogP contribution in [0.3, 0.4) is 0 Å². The van der Waals surface area contributed by atoms with Gasteiger partial charge in [-0.2, -0.15) is 22.8 Å². The van der Waals surface area contributed by atoms with Crippen molar-refractivity contribution in [3.8, 4) is 11.3 Å². The summed E-state index contributed by atoms with van der Waals surface area (Å²) in [5.41, 5.74) is 0.352. The summed E-state index contributed by atoms with van der Waals surface area (Å²) < 4.78 is 40.4. The van der Waals surface area contributed by atoms with Crippen LogP contribution in [-0.2, 0) is 6.18 Å². The molecular weight excluding hydrogens is 373 g/mol. The average Bonchev–Trinajstić information content (AvgIpc) is 3.19. The van der Waals surface area contributed by atoms with E-state index in [0.29, 0.717) is 29.1 Å². The molecule has 1 aliphatic carbocycles. The minimum atomic E-state index is -4.44. The molecule has 0 spiro atoms. The van der Waals surface area contributed by atoms with Crippen molar-refractivity contribution in [2.24, 2.45) is 5.92 Å². The van der Waals surface area contributed by atoms with Crippen molar-refractivity contribution in [3.63, 3.8) is 0 Å². The zero-order valence-corrected chi connectivity index (χ0v) is 14.6. The number of alkyl halides is 3. The predicted molar refractivity (Wildman–Crippen MR) is 96.3 cm³/mol. The van der Waals surface area contributed by atoms with Crippen LogP contribution in [0.15, 0.2) is 42.6 Å². The van der Waals surface area contributed by atoms with E-state index in [1.165, 1.54) is 16.8 Å². The van der Waals surface area contributed by atoms with Gasteiger partial charge in [0.2, 0.25) is 0 Å². The van der Waals surface area contributed by atoms with Crippen molar-refractivity contribution in [2.75, 3.05) is 5.32 Å². The average molecular weight is 391 g/mol. The van der Waals surface area contributed by atoms with Crippen LogP contribution in [0, 0.1) is 12.8 Å². The molecule has 1 fully saturated rings. The van der Waals surface area contributed by atoms with E-state index in [1.54, 1.807) is 18.2 Å². The molecule has 0 unspecified atom stereocenters. The molecule has 3 N–H and O–H groups in total. The normalized spacial score (nSPS) is 25.4. The highest BCUT2D eigenvalue weighted by molar-refractivity contribution is 5.66. The molecule has 9 heteroatoms. The maximum atomic E-state index is 13.0. The van der Waals surface area contributed by atoms with E-state index in [9.17, 15) is 23.4 Å². The van der Waals surface area contributed by atoms with Crippen molar-refractivity contribution in [2.45, 2.75) is 30.8 Å². The molecule has 2 aromatic heterocycles. The topological polar surface area (TPSA) is 82.7 Å². The minimum Gasteiger partial charge on any atom is -0.390 e. The van der Waals surface area contributed by atoms with Crippen LogP contribution in [0.25, 0.3) is 16.9 Å². The summed E-state index contributed by atoms with van der Waals surface area (Å²) in [5.74, 6) is 0.205. The third-order valence-corrected chi connectivity index (χ3v) is 4.98. The fraction of sp³-hybridized carbons (Fsp3) is 0.316. The SMILES string of the molecule is [CH2][C@@H]1C[C@@H](Nc2ccnc3cc(-c4cccc(C(F)(F)F)c4)nn23)[C@H](O)[C@@H]1O. The van der Waals surface area contributed by atoms with Crippen LogP contribution in [0.5, 0.6) is 0 Å².